The highest BCUT2D eigenvalue weighted by molar-refractivity contribution is 5.78. The summed E-state index contributed by atoms with van der Waals surface area (Å²) >= 11 is 0. The third-order valence-electron chi connectivity index (χ3n) is 3.00. The van der Waals surface area contributed by atoms with Crippen LogP contribution < -0.4 is 15.8 Å². The SMILES string of the molecule is COc1ccc(C2CC(=O)NC[C@H]2N)cc1. The zero-order valence-electron chi connectivity index (χ0n) is 9.27. The Morgan fingerprint density at radius 1 is 1.38 bits per heavy atom. The number of nitrogens with one attached hydrogen (secondary N) is 1. The van der Waals surface area contributed by atoms with E-state index in [9.17, 15) is 4.79 Å². The van der Waals surface area contributed by atoms with Crippen molar-refractivity contribution in [1.82, 2.24) is 5.32 Å². The largest absolute Gasteiger partial charge is 0.497 e. The summed E-state index contributed by atoms with van der Waals surface area (Å²) in [6, 6.07) is 7.73. The van der Waals surface area contributed by atoms with Crippen LogP contribution in [0.3, 0.4) is 0 Å². The molecule has 1 fully saturated rings. The molecular weight excluding hydrogens is 204 g/mol. The van der Waals surface area contributed by atoms with Gasteiger partial charge in [0, 0.05) is 24.9 Å². The van der Waals surface area contributed by atoms with Gasteiger partial charge in [0.15, 0.2) is 0 Å². The fourth-order valence-electron chi connectivity index (χ4n) is 2.01. The quantitative estimate of drug-likeness (QED) is 0.768. The Balaban J connectivity index is 2.18. The van der Waals surface area contributed by atoms with Crippen LogP contribution in [0.15, 0.2) is 24.3 Å². The van der Waals surface area contributed by atoms with Crippen molar-refractivity contribution in [1.29, 1.82) is 0 Å². The minimum Gasteiger partial charge on any atom is -0.497 e. The lowest BCUT2D eigenvalue weighted by atomic mass is 9.86. The third-order valence-corrected chi connectivity index (χ3v) is 3.00. The Labute approximate surface area is 94.8 Å². The van der Waals surface area contributed by atoms with Crippen LogP contribution in [-0.4, -0.2) is 25.6 Å². The van der Waals surface area contributed by atoms with Gasteiger partial charge in [-0.05, 0) is 17.7 Å². The number of nitrogens with two attached hydrogens (primary N) is 1. The van der Waals surface area contributed by atoms with Gasteiger partial charge in [0.05, 0.1) is 7.11 Å². The van der Waals surface area contributed by atoms with E-state index in [4.69, 9.17) is 10.5 Å². The van der Waals surface area contributed by atoms with Crippen LogP contribution in [0.2, 0.25) is 0 Å². The highest BCUT2D eigenvalue weighted by Crippen LogP contribution is 2.26. The van der Waals surface area contributed by atoms with Crippen molar-refractivity contribution >= 4 is 5.91 Å². The summed E-state index contributed by atoms with van der Waals surface area (Å²) in [4.78, 5) is 11.3. The van der Waals surface area contributed by atoms with E-state index in [2.05, 4.69) is 5.32 Å². The van der Waals surface area contributed by atoms with Gasteiger partial charge < -0.3 is 15.8 Å². The maximum Gasteiger partial charge on any atom is 0.220 e. The molecule has 2 atom stereocenters. The molecule has 1 aliphatic heterocycles. The van der Waals surface area contributed by atoms with Gasteiger partial charge in [0.1, 0.15) is 5.75 Å². The van der Waals surface area contributed by atoms with Crippen molar-refractivity contribution in [3.05, 3.63) is 29.8 Å². The average Bonchev–Trinajstić information content (AvgIpc) is 2.32. The maximum atomic E-state index is 11.3. The lowest BCUT2D eigenvalue weighted by Crippen LogP contribution is -2.47. The molecular formula is C12H16N2O2. The molecule has 16 heavy (non-hydrogen) atoms. The summed E-state index contributed by atoms with van der Waals surface area (Å²) in [6.07, 6.45) is 0.466. The molecule has 1 saturated heterocycles. The molecule has 0 aliphatic carbocycles. The fraction of sp³-hybridized carbons (Fsp3) is 0.417. The highest BCUT2D eigenvalue weighted by atomic mass is 16.5. The number of carbonyl (C=O) groups is 1. The molecule has 1 aromatic rings. The molecule has 0 aromatic heterocycles. The zero-order chi connectivity index (χ0) is 11.5. The Morgan fingerprint density at radius 3 is 2.69 bits per heavy atom. The number of amides is 1. The number of benzene rings is 1. The number of rotatable bonds is 2. The normalized spacial score (nSPS) is 25.0. The van der Waals surface area contributed by atoms with Crippen LogP contribution in [0.1, 0.15) is 17.9 Å². The summed E-state index contributed by atoms with van der Waals surface area (Å²) < 4.78 is 5.09. The molecule has 86 valence electrons. The number of hydrogen-bond donors (Lipinski definition) is 2. The number of ether oxygens (including phenoxy) is 1. The Hall–Kier alpha value is -1.55. The molecule has 3 N–H and O–H groups in total. The number of carbonyl (C=O) groups excluding carboxylic acids is 1. The van der Waals surface area contributed by atoms with E-state index >= 15 is 0 Å². The van der Waals surface area contributed by atoms with Crippen molar-refractivity contribution < 1.29 is 9.53 Å². The number of piperidine rings is 1. The van der Waals surface area contributed by atoms with Crippen molar-refractivity contribution in [2.45, 2.75) is 18.4 Å². The van der Waals surface area contributed by atoms with E-state index in [0.29, 0.717) is 13.0 Å². The van der Waals surface area contributed by atoms with E-state index in [0.717, 1.165) is 11.3 Å². The predicted molar refractivity (Wildman–Crippen MR) is 61.3 cm³/mol. The fourth-order valence-corrected chi connectivity index (χ4v) is 2.01. The first-order chi connectivity index (χ1) is 7.70. The molecule has 2 rings (SSSR count). The van der Waals surface area contributed by atoms with Crippen molar-refractivity contribution in [3.63, 3.8) is 0 Å². The van der Waals surface area contributed by atoms with Crippen LogP contribution in [0, 0.1) is 0 Å². The monoisotopic (exact) mass is 220 g/mol. The zero-order valence-corrected chi connectivity index (χ0v) is 9.27. The summed E-state index contributed by atoms with van der Waals surface area (Å²) in [6.45, 7) is 0.551. The first-order valence-electron chi connectivity index (χ1n) is 5.37. The maximum absolute atomic E-state index is 11.3. The predicted octanol–water partition coefficient (Wildman–Crippen LogP) is 0.626. The van der Waals surface area contributed by atoms with Crippen LogP contribution in [0.25, 0.3) is 0 Å². The standard InChI is InChI=1S/C12H16N2O2/c1-16-9-4-2-8(3-5-9)10-6-12(15)14-7-11(10)13/h2-5,10-11H,6-7,13H2,1H3,(H,14,15)/t10?,11-/m1/s1. The third kappa shape index (κ3) is 2.17. The Kier molecular flexibility index (Phi) is 3.10. The molecule has 4 heteroatoms. The van der Waals surface area contributed by atoms with E-state index in [1.807, 2.05) is 24.3 Å². The Morgan fingerprint density at radius 2 is 2.06 bits per heavy atom. The van der Waals surface area contributed by atoms with E-state index in [-0.39, 0.29) is 17.9 Å². The van der Waals surface area contributed by atoms with Crippen molar-refractivity contribution in [2.75, 3.05) is 13.7 Å². The van der Waals surface area contributed by atoms with Gasteiger partial charge >= 0.3 is 0 Å². The van der Waals surface area contributed by atoms with Crippen LogP contribution in [-0.2, 0) is 4.79 Å². The lowest BCUT2D eigenvalue weighted by molar-refractivity contribution is -0.122. The minimum absolute atomic E-state index is 0.00825. The van der Waals surface area contributed by atoms with Gasteiger partial charge in [-0.2, -0.15) is 0 Å². The molecule has 1 unspecified atom stereocenters. The van der Waals surface area contributed by atoms with Gasteiger partial charge in [-0.1, -0.05) is 12.1 Å². The second kappa shape index (κ2) is 4.53. The molecule has 0 saturated carbocycles. The molecule has 4 nitrogen and oxygen atoms in total. The second-order valence-corrected chi connectivity index (χ2v) is 4.05. The molecule has 1 amide bonds. The van der Waals surface area contributed by atoms with Crippen molar-refractivity contribution in [3.8, 4) is 5.75 Å². The highest BCUT2D eigenvalue weighted by Gasteiger charge is 2.27. The summed E-state index contributed by atoms with van der Waals surface area (Å²) in [5.74, 6) is 1.000. The van der Waals surface area contributed by atoms with Crippen LogP contribution in [0.5, 0.6) is 5.75 Å². The molecule has 1 heterocycles. The number of methoxy groups -OCH3 is 1. The average molecular weight is 220 g/mol. The molecule has 1 aromatic carbocycles. The van der Waals surface area contributed by atoms with Gasteiger partial charge in [-0.3, -0.25) is 4.79 Å². The molecule has 0 radical (unpaired) electrons. The first-order valence-corrected chi connectivity index (χ1v) is 5.37. The smallest absolute Gasteiger partial charge is 0.220 e. The van der Waals surface area contributed by atoms with Gasteiger partial charge in [0.25, 0.3) is 0 Å². The lowest BCUT2D eigenvalue weighted by Gasteiger charge is -2.29. The second-order valence-electron chi connectivity index (χ2n) is 4.05. The molecule has 0 spiro atoms. The van der Waals surface area contributed by atoms with Crippen LogP contribution >= 0.6 is 0 Å². The minimum atomic E-state index is -0.00825. The summed E-state index contributed by atoms with van der Waals surface area (Å²) in [5.41, 5.74) is 7.10. The Bertz CT molecular complexity index is 375. The summed E-state index contributed by atoms with van der Waals surface area (Å²) in [5, 5.41) is 2.77. The van der Waals surface area contributed by atoms with Gasteiger partial charge in [0.2, 0.25) is 5.91 Å². The van der Waals surface area contributed by atoms with Crippen LogP contribution in [0.4, 0.5) is 0 Å². The number of hydrogen-bond acceptors (Lipinski definition) is 3. The topological polar surface area (TPSA) is 64.3 Å². The van der Waals surface area contributed by atoms with Gasteiger partial charge in [-0.15, -0.1) is 0 Å². The molecule has 1 aliphatic rings. The van der Waals surface area contributed by atoms with Crippen molar-refractivity contribution in [2.24, 2.45) is 5.73 Å². The first kappa shape index (κ1) is 11.0. The van der Waals surface area contributed by atoms with Gasteiger partial charge in [-0.25, -0.2) is 0 Å². The molecule has 0 bridgehead atoms. The van der Waals surface area contributed by atoms with E-state index < -0.39 is 0 Å². The van der Waals surface area contributed by atoms with E-state index in [1.54, 1.807) is 7.11 Å². The summed E-state index contributed by atoms with van der Waals surface area (Å²) in [7, 11) is 1.63. The van der Waals surface area contributed by atoms with E-state index in [1.165, 1.54) is 0 Å².